The number of nitrogens with zero attached hydrogens (tertiary/aromatic N) is 2. The standard InChI is InChI=1S/C30H29N3O2/c1-20-11-13-22(14-12-20)18-32-19-28(34)33-26(16-15-21-7-3-2-4-8-21)29-24(17-27(33)30(32)35)23-9-5-6-10-25(23)31-29/h2-14,26-27,31H,15-19H2,1H3/t26-,27+/m0/s1. The number of piperazine rings is 1. The maximum Gasteiger partial charge on any atom is 0.246 e. The molecular formula is C30H29N3O2. The van der Waals surface area contributed by atoms with Crippen LogP contribution in [0.25, 0.3) is 10.9 Å². The highest BCUT2D eigenvalue weighted by Crippen LogP contribution is 2.41. The number of hydrogen-bond acceptors (Lipinski definition) is 2. The molecule has 5 heteroatoms. The lowest BCUT2D eigenvalue weighted by Gasteiger charge is -2.47. The molecule has 2 amide bonds. The van der Waals surface area contributed by atoms with Crippen LogP contribution in [0.2, 0.25) is 0 Å². The fraction of sp³-hybridized carbons (Fsp3) is 0.267. The number of aromatic amines is 1. The number of carbonyl (C=O) groups excluding carboxylic acids is 2. The molecule has 0 saturated carbocycles. The molecule has 0 unspecified atom stereocenters. The Morgan fingerprint density at radius 2 is 1.63 bits per heavy atom. The smallest absolute Gasteiger partial charge is 0.246 e. The van der Waals surface area contributed by atoms with Crippen LogP contribution in [0.3, 0.4) is 0 Å². The summed E-state index contributed by atoms with van der Waals surface area (Å²) in [6.45, 7) is 2.64. The first kappa shape index (κ1) is 21.7. The van der Waals surface area contributed by atoms with E-state index < -0.39 is 6.04 Å². The summed E-state index contributed by atoms with van der Waals surface area (Å²) < 4.78 is 0. The van der Waals surface area contributed by atoms with Gasteiger partial charge in [0.2, 0.25) is 11.8 Å². The zero-order chi connectivity index (χ0) is 23.9. The Bertz CT molecular complexity index is 1390. The summed E-state index contributed by atoms with van der Waals surface area (Å²) in [4.78, 5) is 34.6. The van der Waals surface area contributed by atoms with Gasteiger partial charge >= 0.3 is 0 Å². The van der Waals surface area contributed by atoms with Crippen molar-refractivity contribution >= 4 is 22.7 Å². The molecule has 176 valence electrons. The number of amides is 2. The first-order valence-electron chi connectivity index (χ1n) is 12.4. The second-order valence-corrected chi connectivity index (χ2v) is 9.80. The van der Waals surface area contributed by atoms with E-state index >= 15 is 0 Å². The number of benzene rings is 3. The van der Waals surface area contributed by atoms with Gasteiger partial charge in [-0.2, -0.15) is 0 Å². The minimum absolute atomic E-state index is 0.0316. The number of hydrogen-bond donors (Lipinski definition) is 1. The topological polar surface area (TPSA) is 56.4 Å². The minimum Gasteiger partial charge on any atom is -0.356 e. The van der Waals surface area contributed by atoms with Gasteiger partial charge in [0.1, 0.15) is 12.6 Å². The fourth-order valence-corrected chi connectivity index (χ4v) is 5.74. The van der Waals surface area contributed by atoms with Gasteiger partial charge in [0.25, 0.3) is 0 Å². The summed E-state index contributed by atoms with van der Waals surface area (Å²) in [6, 6.07) is 26.2. The average molecular weight is 464 g/mol. The van der Waals surface area contributed by atoms with Gasteiger partial charge in [0.05, 0.1) is 6.04 Å². The zero-order valence-corrected chi connectivity index (χ0v) is 19.9. The van der Waals surface area contributed by atoms with Crippen LogP contribution in [0, 0.1) is 6.92 Å². The molecule has 1 aromatic heterocycles. The SMILES string of the molecule is Cc1ccc(CN2CC(=O)N3[C@H](Cc4c([nH]c5ccccc45)[C@@H]3CCc3ccccc3)C2=O)cc1. The highest BCUT2D eigenvalue weighted by atomic mass is 16.2. The maximum absolute atomic E-state index is 13.8. The number of para-hydroxylation sites is 1. The van der Waals surface area contributed by atoms with Gasteiger partial charge in [-0.15, -0.1) is 0 Å². The first-order valence-corrected chi connectivity index (χ1v) is 12.4. The molecule has 35 heavy (non-hydrogen) atoms. The van der Waals surface area contributed by atoms with E-state index in [-0.39, 0.29) is 24.4 Å². The van der Waals surface area contributed by atoms with Gasteiger partial charge < -0.3 is 14.8 Å². The van der Waals surface area contributed by atoms with Gasteiger partial charge in [0.15, 0.2) is 0 Å². The van der Waals surface area contributed by atoms with E-state index in [0.717, 1.165) is 35.0 Å². The Morgan fingerprint density at radius 3 is 2.43 bits per heavy atom. The Balaban J connectivity index is 1.35. The molecule has 3 aromatic carbocycles. The van der Waals surface area contributed by atoms with Crippen LogP contribution >= 0.6 is 0 Å². The first-order chi connectivity index (χ1) is 17.1. The van der Waals surface area contributed by atoms with Crippen molar-refractivity contribution < 1.29 is 9.59 Å². The van der Waals surface area contributed by atoms with Crippen molar-refractivity contribution in [1.29, 1.82) is 0 Å². The number of aryl methyl sites for hydroxylation is 2. The molecule has 0 radical (unpaired) electrons. The predicted octanol–water partition coefficient (Wildman–Crippen LogP) is 4.95. The average Bonchev–Trinajstić information content (AvgIpc) is 3.25. The van der Waals surface area contributed by atoms with Gasteiger partial charge in [-0.25, -0.2) is 0 Å². The second kappa shape index (κ2) is 8.73. The molecule has 1 saturated heterocycles. The van der Waals surface area contributed by atoms with Crippen molar-refractivity contribution in [2.75, 3.05) is 6.54 Å². The monoisotopic (exact) mass is 463 g/mol. The van der Waals surface area contributed by atoms with E-state index in [1.54, 1.807) is 4.90 Å². The lowest BCUT2D eigenvalue weighted by molar-refractivity contribution is -0.160. The molecule has 3 heterocycles. The molecule has 0 bridgehead atoms. The number of nitrogens with one attached hydrogen (secondary N) is 1. The molecule has 2 aliphatic rings. The third-order valence-corrected chi connectivity index (χ3v) is 7.50. The fourth-order valence-electron chi connectivity index (χ4n) is 5.74. The van der Waals surface area contributed by atoms with E-state index in [9.17, 15) is 9.59 Å². The Kier molecular flexibility index (Phi) is 5.40. The highest BCUT2D eigenvalue weighted by Gasteiger charge is 2.47. The Hall–Kier alpha value is -3.86. The summed E-state index contributed by atoms with van der Waals surface area (Å²) in [5, 5.41) is 1.16. The van der Waals surface area contributed by atoms with Crippen LogP contribution in [-0.4, -0.2) is 39.2 Å². The van der Waals surface area contributed by atoms with Crippen LogP contribution < -0.4 is 0 Å². The molecule has 6 rings (SSSR count). The predicted molar refractivity (Wildman–Crippen MR) is 137 cm³/mol. The Labute approximate surface area is 205 Å². The molecule has 1 fully saturated rings. The van der Waals surface area contributed by atoms with E-state index in [1.165, 1.54) is 16.7 Å². The molecule has 1 N–H and O–H groups in total. The molecule has 0 aliphatic carbocycles. The molecule has 0 spiro atoms. The molecule has 2 aliphatic heterocycles. The number of H-pyrrole nitrogens is 1. The van der Waals surface area contributed by atoms with Crippen molar-refractivity contribution in [1.82, 2.24) is 14.8 Å². The normalized spacial score (nSPS) is 19.7. The summed E-state index contributed by atoms with van der Waals surface area (Å²) in [6.07, 6.45) is 2.17. The van der Waals surface area contributed by atoms with Gasteiger partial charge in [-0.3, -0.25) is 9.59 Å². The van der Waals surface area contributed by atoms with Crippen molar-refractivity contribution in [2.45, 2.75) is 44.8 Å². The molecular weight excluding hydrogens is 434 g/mol. The summed E-state index contributed by atoms with van der Waals surface area (Å²) in [5.41, 5.74) is 6.81. The van der Waals surface area contributed by atoms with Gasteiger partial charge in [0, 0.05) is 29.6 Å². The molecule has 2 atom stereocenters. The van der Waals surface area contributed by atoms with Crippen LogP contribution in [0.1, 0.15) is 40.4 Å². The quantitative estimate of drug-likeness (QED) is 0.456. The van der Waals surface area contributed by atoms with Gasteiger partial charge in [-0.1, -0.05) is 78.4 Å². The Morgan fingerprint density at radius 1 is 0.886 bits per heavy atom. The minimum atomic E-state index is -0.464. The third kappa shape index (κ3) is 3.91. The highest BCUT2D eigenvalue weighted by molar-refractivity contribution is 5.97. The maximum atomic E-state index is 13.8. The van der Waals surface area contributed by atoms with Crippen molar-refractivity contribution in [3.8, 4) is 0 Å². The summed E-state index contributed by atoms with van der Waals surface area (Å²) in [5.74, 6) is 0.0786. The van der Waals surface area contributed by atoms with Crippen molar-refractivity contribution in [3.63, 3.8) is 0 Å². The number of fused-ring (bicyclic) bond motifs is 4. The van der Waals surface area contributed by atoms with Crippen LogP contribution in [0.4, 0.5) is 0 Å². The number of rotatable bonds is 5. The second-order valence-electron chi connectivity index (χ2n) is 9.80. The van der Waals surface area contributed by atoms with Crippen molar-refractivity contribution in [3.05, 3.63) is 107 Å². The largest absolute Gasteiger partial charge is 0.356 e. The van der Waals surface area contributed by atoms with Crippen molar-refractivity contribution in [2.24, 2.45) is 0 Å². The number of carbonyl (C=O) groups is 2. The summed E-state index contributed by atoms with van der Waals surface area (Å²) in [7, 11) is 0. The van der Waals surface area contributed by atoms with Gasteiger partial charge in [-0.05, 0) is 42.5 Å². The molecule has 4 aromatic rings. The summed E-state index contributed by atoms with van der Waals surface area (Å²) >= 11 is 0. The van der Waals surface area contributed by atoms with E-state index in [2.05, 4.69) is 41.4 Å². The number of aromatic nitrogens is 1. The zero-order valence-electron chi connectivity index (χ0n) is 19.9. The van der Waals surface area contributed by atoms with Crippen LogP contribution in [0.5, 0.6) is 0 Å². The van der Waals surface area contributed by atoms with Crippen LogP contribution in [-0.2, 0) is 29.0 Å². The van der Waals surface area contributed by atoms with Crippen LogP contribution in [0.15, 0.2) is 78.9 Å². The third-order valence-electron chi connectivity index (χ3n) is 7.50. The lowest BCUT2D eigenvalue weighted by atomic mass is 9.86. The van der Waals surface area contributed by atoms with E-state index in [4.69, 9.17) is 0 Å². The molecule has 5 nitrogen and oxygen atoms in total. The van der Waals surface area contributed by atoms with E-state index in [0.29, 0.717) is 13.0 Å². The lowest BCUT2D eigenvalue weighted by Crippen LogP contribution is -2.62. The van der Waals surface area contributed by atoms with E-state index in [1.807, 2.05) is 54.3 Å².